The van der Waals surface area contributed by atoms with Crippen molar-refractivity contribution in [3.63, 3.8) is 0 Å². The zero-order chi connectivity index (χ0) is 19.7. The summed E-state index contributed by atoms with van der Waals surface area (Å²) >= 11 is 12.2. The molecule has 3 aromatic rings. The van der Waals surface area contributed by atoms with E-state index in [4.69, 9.17) is 23.2 Å². The molecule has 3 heterocycles. The number of aryl methyl sites for hydroxylation is 1. The maximum Gasteiger partial charge on any atom is 0.271 e. The zero-order valence-corrected chi connectivity index (χ0v) is 16.9. The quantitative estimate of drug-likeness (QED) is 0.706. The number of aromatic amines is 1. The number of rotatable bonds is 4. The molecule has 4 rings (SSSR count). The Labute approximate surface area is 172 Å². The Kier molecular flexibility index (Phi) is 5.39. The summed E-state index contributed by atoms with van der Waals surface area (Å²) in [6.45, 7) is 3.85. The van der Waals surface area contributed by atoms with Crippen LogP contribution in [0.3, 0.4) is 0 Å². The molecule has 146 valence electrons. The highest BCUT2D eigenvalue weighted by atomic mass is 35.5. The second-order valence-corrected chi connectivity index (χ2v) is 7.73. The Bertz CT molecular complexity index is 990. The maximum atomic E-state index is 12.8. The number of H-pyrrole nitrogens is 1. The molecule has 1 N–H and O–H groups in total. The van der Waals surface area contributed by atoms with Crippen LogP contribution in [0, 0.1) is 0 Å². The highest BCUT2D eigenvalue weighted by molar-refractivity contribution is 6.36. The van der Waals surface area contributed by atoms with Gasteiger partial charge in [-0.2, -0.15) is 10.2 Å². The van der Waals surface area contributed by atoms with Gasteiger partial charge in [0.15, 0.2) is 0 Å². The average molecular weight is 419 g/mol. The average Bonchev–Trinajstić information content (AvgIpc) is 3.31. The minimum absolute atomic E-state index is 0.0511. The number of hydrogen-bond donors (Lipinski definition) is 1. The number of carbonyl (C=O) groups excluding carboxylic acids is 1. The molecular weight excluding hydrogens is 399 g/mol. The lowest BCUT2D eigenvalue weighted by molar-refractivity contribution is 0.0622. The Morgan fingerprint density at radius 3 is 2.64 bits per heavy atom. The van der Waals surface area contributed by atoms with Gasteiger partial charge in [0.2, 0.25) is 0 Å². The number of nitrogens with one attached hydrogen (secondary N) is 1. The number of benzene rings is 1. The first-order valence-corrected chi connectivity index (χ1v) is 9.75. The number of amides is 1. The van der Waals surface area contributed by atoms with Crippen LogP contribution in [0.15, 0.2) is 36.7 Å². The summed E-state index contributed by atoms with van der Waals surface area (Å²) in [7, 11) is 1.91. The third-order valence-electron chi connectivity index (χ3n) is 4.84. The van der Waals surface area contributed by atoms with Crippen LogP contribution in [-0.4, -0.2) is 61.9 Å². The van der Waals surface area contributed by atoms with Gasteiger partial charge in [-0.05, 0) is 24.3 Å². The van der Waals surface area contributed by atoms with Crippen LogP contribution in [0.25, 0.3) is 11.3 Å². The van der Waals surface area contributed by atoms with Crippen LogP contribution in [0.4, 0.5) is 0 Å². The van der Waals surface area contributed by atoms with E-state index in [1.807, 2.05) is 24.3 Å². The summed E-state index contributed by atoms with van der Waals surface area (Å²) in [5.74, 6) is -0.0511. The second kappa shape index (κ2) is 7.95. The molecule has 0 saturated carbocycles. The molecule has 0 unspecified atom stereocenters. The van der Waals surface area contributed by atoms with Crippen molar-refractivity contribution in [2.75, 3.05) is 26.2 Å². The topological polar surface area (TPSA) is 70.1 Å². The summed E-state index contributed by atoms with van der Waals surface area (Å²) in [5, 5.41) is 12.3. The minimum Gasteiger partial charge on any atom is -0.335 e. The molecule has 0 bridgehead atoms. The molecule has 1 saturated heterocycles. The number of aromatic nitrogens is 4. The normalized spacial score (nSPS) is 15.2. The Balaban J connectivity index is 1.38. The standard InChI is InChI=1S/C19H20Cl2N6O/c1-25-11-13(10-22-25)12-26-4-6-27(7-5-26)19(28)18-9-17(23-24-18)15-3-2-14(20)8-16(15)21/h2-3,8-11H,4-7,12H2,1H3,(H,23,24). The SMILES string of the molecule is Cn1cc(CN2CCN(C(=O)c3cc(-c4ccc(Cl)cc4Cl)n[nH]3)CC2)cn1. The van der Waals surface area contributed by atoms with Crippen LogP contribution in [-0.2, 0) is 13.6 Å². The third kappa shape index (κ3) is 4.06. The molecule has 0 radical (unpaired) electrons. The first-order chi connectivity index (χ1) is 13.5. The van der Waals surface area contributed by atoms with Crippen LogP contribution < -0.4 is 0 Å². The number of carbonyl (C=O) groups is 1. The monoisotopic (exact) mass is 418 g/mol. The summed E-state index contributed by atoms with van der Waals surface area (Å²) in [6, 6.07) is 6.95. The molecule has 1 fully saturated rings. The molecule has 1 aliphatic rings. The van der Waals surface area contributed by atoms with Gasteiger partial charge in [-0.15, -0.1) is 0 Å². The molecule has 7 nitrogen and oxygen atoms in total. The largest absolute Gasteiger partial charge is 0.335 e. The van der Waals surface area contributed by atoms with Crippen molar-refractivity contribution in [3.8, 4) is 11.3 Å². The molecule has 2 aromatic heterocycles. The molecule has 0 atom stereocenters. The fraction of sp³-hybridized carbons (Fsp3) is 0.316. The van der Waals surface area contributed by atoms with E-state index in [2.05, 4.69) is 20.2 Å². The van der Waals surface area contributed by atoms with E-state index in [1.54, 1.807) is 28.9 Å². The maximum absolute atomic E-state index is 12.8. The Morgan fingerprint density at radius 1 is 1.18 bits per heavy atom. The van der Waals surface area contributed by atoms with Gasteiger partial charge in [-0.1, -0.05) is 23.2 Å². The van der Waals surface area contributed by atoms with Crippen LogP contribution in [0.2, 0.25) is 10.0 Å². The smallest absolute Gasteiger partial charge is 0.271 e. The van der Waals surface area contributed by atoms with Crippen molar-refractivity contribution in [3.05, 3.63) is 58.0 Å². The molecule has 1 amide bonds. The van der Waals surface area contributed by atoms with E-state index in [0.717, 1.165) is 25.2 Å². The van der Waals surface area contributed by atoms with Gasteiger partial charge in [-0.25, -0.2) is 0 Å². The van der Waals surface area contributed by atoms with E-state index in [-0.39, 0.29) is 5.91 Å². The van der Waals surface area contributed by atoms with Crippen molar-refractivity contribution in [1.82, 2.24) is 29.8 Å². The predicted octanol–water partition coefficient (Wildman–Crippen LogP) is 3.08. The van der Waals surface area contributed by atoms with Gasteiger partial charge in [0, 0.05) is 62.1 Å². The molecule has 9 heteroatoms. The van der Waals surface area contributed by atoms with Gasteiger partial charge in [-0.3, -0.25) is 19.5 Å². The lowest BCUT2D eigenvalue weighted by Gasteiger charge is -2.34. The Hall–Kier alpha value is -2.35. The number of hydrogen-bond acceptors (Lipinski definition) is 4. The van der Waals surface area contributed by atoms with E-state index in [9.17, 15) is 4.79 Å². The van der Waals surface area contributed by atoms with Crippen LogP contribution in [0.5, 0.6) is 0 Å². The van der Waals surface area contributed by atoms with Crippen molar-refractivity contribution in [2.45, 2.75) is 6.54 Å². The van der Waals surface area contributed by atoms with Gasteiger partial charge in [0.1, 0.15) is 5.69 Å². The molecule has 1 aromatic carbocycles. The van der Waals surface area contributed by atoms with Gasteiger partial charge >= 0.3 is 0 Å². The van der Waals surface area contributed by atoms with E-state index in [0.29, 0.717) is 34.5 Å². The summed E-state index contributed by atoms with van der Waals surface area (Å²) in [6.07, 6.45) is 3.90. The highest BCUT2D eigenvalue weighted by Gasteiger charge is 2.24. The fourth-order valence-corrected chi connectivity index (χ4v) is 3.86. The fourth-order valence-electron chi connectivity index (χ4n) is 3.36. The Morgan fingerprint density at radius 2 is 1.96 bits per heavy atom. The molecule has 28 heavy (non-hydrogen) atoms. The minimum atomic E-state index is -0.0511. The van der Waals surface area contributed by atoms with Crippen LogP contribution in [0.1, 0.15) is 16.1 Å². The second-order valence-electron chi connectivity index (χ2n) is 6.88. The number of halogens is 2. The van der Waals surface area contributed by atoms with Crippen molar-refractivity contribution < 1.29 is 4.79 Å². The zero-order valence-electron chi connectivity index (χ0n) is 15.4. The molecule has 0 aliphatic carbocycles. The summed E-state index contributed by atoms with van der Waals surface area (Å²) in [5.41, 5.74) is 3.00. The summed E-state index contributed by atoms with van der Waals surface area (Å²) in [4.78, 5) is 17.0. The van der Waals surface area contributed by atoms with Gasteiger partial charge in [0.25, 0.3) is 5.91 Å². The first kappa shape index (κ1) is 19.0. The molecule has 0 spiro atoms. The van der Waals surface area contributed by atoms with Crippen LogP contribution >= 0.6 is 23.2 Å². The van der Waals surface area contributed by atoms with Gasteiger partial charge < -0.3 is 4.90 Å². The third-order valence-corrected chi connectivity index (χ3v) is 5.39. The summed E-state index contributed by atoms with van der Waals surface area (Å²) < 4.78 is 1.80. The van der Waals surface area contributed by atoms with E-state index in [1.165, 1.54) is 5.56 Å². The van der Waals surface area contributed by atoms with Crippen molar-refractivity contribution in [1.29, 1.82) is 0 Å². The molecular formula is C19H20Cl2N6O. The lowest BCUT2D eigenvalue weighted by atomic mass is 10.1. The number of nitrogens with zero attached hydrogens (tertiary/aromatic N) is 5. The predicted molar refractivity (Wildman–Crippen MR) is 108 cm³/mol. The first-order valence-electron chi connectivity index (χ1n) is 8.99. The highest BCUT2D eigenvalue weighted by Crippen LogP contribution is 2.29. The van der Waals surface area contributed by atoms with Crippen molar-refractivity contribution in [2.24, 2.45) is 7.05 Å². The van der Waals surface area contributed by atoms with Gasteiger partial charge in [0.05, 0.1) is 16.9 Å². The number of piperazine rings is 1. The van der Waals surface area contributed by atoms with E-state index >= 15 is 0 Å². The lowest BCUT2D eigenvalue weighted by Crippen LogP contribution is -2.48. The van der Waals surface area contributed by atoms with E-state index < -0.39 is 0 Å². The molecule has 1 aliphatic heterocycles. The van der Waals surface area contributed by atoms with Crippen molar-refractivity contribution >= 4 is 29.1 Å².